The number of hydrogen-bond acceptors (Lipinski definition) is 7. The number of nitrogens with zero attached hydrogens (tertiary/aromatic N) is 4. The van der Waals surface area contributed by atoms with E-state index < -0.39 is 0 Å². The van der Waals surface area contributed by atoms with Crippen LogP contribution in [-0.2, 0) is 5.75 Å². The third-order valence-corrected chi connectivity index (χ3v) is 5.75. The van der Waals surface area contributed by atoms with Crippen molar-refractivity contribution in [2.45, 2.75) is 10.6 Å². The third kappa shape index (κ3) is 3.25. The van der Waals surface area contributed by atoms with Crippen LogP contribution < -0.4 is 9.47 Å². The van der Waals surface area contributed by atoms with Crippen LogP contribution in [-0.4, -0.2) is 34.0 Å². The van der Waals surface area contributed by atoms with Crippen molar-refractivity contribution in [1.29, 1.82) is 0 Å². The van der Waals surface area contributed by atoms with Gasteiger partial charge in [0.05, 0.1) is 20.0 Å². The summed E-state index contributed by atoms with van der Waals surface area (Å²) >= 11 is 3.21. The minimum Gasteiger partial charge on any atom is -0.493 e. The van der Waals surface area contributed by atoms with E-state index in [2.05, 4.69) is 27.4 Å². The summed E-state index contributed by atoms with van der Waals surface area (Å²) in [6.45, 7) is 0. The van der Waals surface area contributed by atoms with Gasteiger partial charge in [0, 0.05) is 10.5 Å². The molecule has 6 nitrogen and oxygen atoms in total. The molecule has 0 amide bonds. The van der Waals surface area contributed by atoms with Crippen LogP contribution in [0.1, 0.15) is 5.82 Å². The number of methoxy groups -OCH3 is 2. The lowest BCUT2D eigenvalue weighted by Gasteiger charge is -2.07. The Bertz CT molecular complexity index is 1030. The fraction of sp³-hybridized carbons (Fsp3) is 0.167. The molecule has 2 aromatic heterocycles. The summed E-state index contributed by atoms with van der Waals surface area (Å²) in [5, 5.41) is 14.1. The van der Waals surface area contributed by atoms with Crippen molar-refractivity contribution in [3.8, 4) is 22.1 Å². The van der Waals surface area contributed by atoms with Gasteiger partial charge >= 0.3 is 0 Å². The zero-order valence-corrected chi connectivity index (χ0v) is 15.9. The van der Waals surface area contributed by atoms with Gasteiger partial charge in [-0.05, 0) is 30.3 Å². The molecule has 0 atom stereocenters. The minimum atomic E-state index is 0.677. The highest BCUT2D eigenvalue weighted by Crippen LogP contribution is 2.34. The van der Waals surface area contributed by atoms with Gasteiger partial charge < -0.3 is 9.47 Å². The molecule has 0 aliphatic heterocycles. The molecule has 0 radical (unpaired) electrons. The predicted molar refractivity (Wildman–Crippen MR) is 103 cm³/mol. The van der Waals surface area contributed by atoms with Crippen molar-refractivity contribution in [1.82, 2.24) is 19.8 Å². The van der Waals surface area contributed by atoms with Gasteiger partial charge in [-0.2, -0.15) is 9.61 Å². The van der Waals surface area contributed by atoms with Crippen LogP contribution in [0.25, 0.3) is 15.5 Å². The molecule has 132 valence electrons. The first-order valence-corrected chi connectivity index (χ1v) is 9.70. The largest absolute Gasteiger partial charge is 0.493 e. The summed E-state index contributed by atoms with van der Waals surface area (Å²) in [5.41, 5.74) is 0.958. The molecule has 0 saturated heterocycles. The third-order valence-electron chi connectivity index (χ3n) is 3.80. The number of fused-ring (bicyclic) bond motifs is 1. The van der Waals surface area contributed by atoms with E-state index in [0.29, 0.717) is 17.3 Å². The van der Waals surface area contributed by atoms with Crippen LogP contribution in [0.2, 0.25) is 0 Å². The highest BCUT2D eigenvalue weighted by atomic mass is 32.2. The van der Waals surface area contributed by atoms with Gasteiger partial charge in [-0.3, -0.25) is 0 Å². The molecule has 0 fully saturated rings. The van der Waals surface area contributed by atoms with E-state index >= 15 is 0 Å². The van der Waals surface area contributed by atoms with Crippen molar-refractivity contribution in [2.75, 3.05) is 14.2 Å². The highest BCUT2D eigenvalue weighted by molar-refractivity contribution is 7.98. The Balaban J connectivity index is 1.61. The Labute approximate surface area is 158 Å². The predicted octanol–water partition coefficient (Wildman–Crippen LogP) is 4.16. The van der Waals surface area contributed by atoms with Gasteiger partial charge in [0.15, 0.2) is 17.3 Å². The van der Waals surface area contributed by atoms with Crippen molar-refractivity contribution in [3.63, 3.8) is 0 Å². The van der Waals surface area contributed by atoms with Crippen LogP contribution in [0.4, 0.5) is 0 Å². The molecule has 0 spiro atoms. The molecule has 0 saturated carbocycles. The number of benzene rings is 2. The summed E-state index contributed by atoms with van der Waals surface area (Å²) < 4.78 is 12.5. The van der Waals surface area contributed by atoms with E-state index in [-0.39, 0.29) is 0 Å². The van der Waals surface area contributed by atoms with Crippen molar-refractivity contribution in [3.05, 3.63) is 54.4 Å². The SMILES string of the molecule is COc1ccc(-c2nn3c(CSc4ccccc4)nnc3s2)cc1OC. The number of thioether (sulfide) groups is 1. The normalized spacial score (nSPS) is 11.0. The Morgan fingerprint density at radius 3 is 2.58 bits per heavy atom. The first kappa shape index (κ1) is 16.9. The molecule has 4 rings (SSSR count). The van der Waals surface area contributed by atoms with Crippen molar-refractivity contribution < 1.29 is 9.47 Å². The standard InChI is InChI=1S/C18H16N4O2S2/c1-23-14-9-8-12(10-15(14)24-2)17-21-22-16(19-20-18(22)26-17)11-25-13-6-4-3-5-7-13/h3-10H,11H2,1-2H3. The molecular formula is C18H16N4O2S2. The summed E-state index contributed by atoms with van der Waals surface area (Å²) in [4.78, 5) is 1.97. The molecule has 2 heterocycles. The Morgan fingerprint density at radius 2 is 1.81 bits per heavy atom. The smallest absolute Gasteiger partial charge is 0.235 e. The molecule has 0 unspecified atom stereocenters. The van der Waals surface area contributed by atoms with Crippen LogP contribution in [0.15, 0.2) is 53.4 Å². The van der Waals surface area contributed by atoms with Gasteiger partial charge in [-0.25, -0.2) is 0 Å². The Hall–Kier alpha value is -2.58. The van der Waals surface area contributed by atoms with Gasteiger partial charge in [0.1, 0.15) is 5.01 Å². The van der Waals surface area contributed by atoms with Gasteiger partial charge in [-0.1, -0.05) is 29.5 Å². The lowest BCUT2D eigenvalue weighted by atomic mass is 10.2. The second kappa shape index (κ2) is 7.35. The number of ether oxygens (including phenoxy) is 2. The lowest BCUT2D eigenvalue weighted by Crippen LogP contribution is -1.94. The molecule has 0 bridgehead atoms. The van der Waals surface area contributed by atoms with E-state index in [9.17, 15) is 0 Å². The maximum Gasteiger partial charge on any atom is 0.235 e. The van der Waals surface area contributed by atoms with E-state index in [1.54, 1.807) is 26.0 Å². The molecule has 4 aromatic rings. The van der Waals surface area contributed by atoms with E-state index in [1.165, 1.54) is 16.2 Å². The van der Waals surface area contributed by atoms with Gasteiger partial charge in [-0.15, -0.1) is 22.0 Å². The Kier molecular flexibility index (Phi) is 4.77. The van der Waals surface area contributed by atoms with Crippen LogP contribution in [0.5, 0.6) is 11.5 Å². The first-order valence-electron chi connectivity index (χ1n) is 7.90. The minimum absolute atomic E-state index is 0.677. The molecule has 2 aromatic carbocycles. The maximum atomic E-state index is 5.38. The first-order chi connectivity index (χ1) is 12.8. The zero-order valence-electron chi connectivity index (χ0n) is 14.2. The monoisotopic (exact) mass is 384 g/mol. The molecule has 0 N–H and O–H groups in total. The number of rotatable bonds is 6. The fourth-order valence-corrected chi connectivity index (χ4v) is 4.18. The van der Waals surface area contributed by atoms with E-state index in [1.807, 2.05) is 40.9 Å². The van der Waals surface area contributed by atoms with Crippen LogP contribution in [0, 0.1) is 0 Å². The second-order valence-electron chi connectivity index (χ2n) is 5.39. The van der Waals surface area contributed by atoms with Crippen LogP contribution in [0.3, 0.4) is 0 Å². The topological polar surface area (TPSA) is 61.5 Å². The molecular weight excluding hydrogens is 368 g/mol. The van der Waals surface area contributed by atoms with Crippen molar-refractivity contribution in [2.24, 2.45) is 0 Å². The lowest BCUT2D eigenvalue weighted by molar-refractivity contribution is 0.355. The molecule has 0 aliphatic carbocycles. The van der Waals surface area contributed by atoms with E-state index in [0.717, 1.165) is 21.4 Å². The molecule has 0 aliphatic rings. The average Bonchev–Trinajstić information content (AvgIpc) is 3.27. The van der Waals surface area contributed by atoms with Gasteiger partial charge in [0.2, 0.25) is 4.96 Å². The van der Waals surface area contributed by atoms with Crippen LogP contribution >= 0.6 is 23.1 Å². The molecule has 26 heavy (non-hydrogen) atoms. The van der Waals surface area contributed by atoms with Gasteiger partial charge in [0.25, 0.3) is 0 Å². The maximum absolute atomic E-state index is 5.38. The summed E-state index contributed by atoms with van der Waals surface area (Å²) in [6, 6.07) is 16.0. The average molecular weight is 384 g/mol. The quantitative estimate of drug-likeness (QED) is 0.465. The van der Waals surface area contributed by atoms with E-state index in [4.69, 9.17) is 9.47 Å². The number of aromatic nitrogens is 4. The fourth-order valence-electron chi connectivity index (χ4n) is 2.50. The summed E-state index contributed by atoms with van der Waals surface area (Å²) in [5.74, 6) is 2.91. The summed E-state index contributed by atoms with van der Waals surface area (Å²) in [7, 11) is 3.25. The number of hydrogen-bond donors (Lipinski definition) is 0. The molecule has 8 heteroatoms. The summed E-state index contributed by atoms with van der Waals surface area (Å²) in [6.07, 6.45) is 0. The Morgan fingerprint density at radius 1 is 1.00 bits per heavy atom. The highest BCUT2D eigenvalue weighted by Gasteiger charge is 2.15. The van der Waals surface area contributed by atoms with Crippen molar-refractivity contribution >= 4 is 28.1 Å². The second-order valence-corrected chi connectivity index (χ2v) is 7.39. The zero-order chi connectivity index (χ0) is 17.9.